The zero-order valence-corrected chi connectivity index (χ0v) is 10.2. The molecule has 0 aliphatic carbocycles. The molecule has 0 amide bonds. The molecule has 0 radical (unpaired) electrons. The summed E-state index contributed by atoms with van der Waals surface area (Å²) in [4.78, 5) is 11.4. The van der Waals surface area contributed by atoms with Gasteiger partial charge in [0.25, 0.3) is 0 Å². The number of hydrogen-bond acceptors (Lipinski definition) is 5. The monoisotopic (exact) mass is 240 g/mol. The Balaban J connectivity index is 2.88. The van der Waals surface area contributed by atoms with Gasteiger partial charge < -0.3 is 18.9 Å². The molecule has 0 saturated heterocycles. The van der Waals surface area contributed by atoms with Crippen molar-refractivity contribution in [2.75, 3.05) is 27.8 Å². The normalized spacial score (nSPS) is 10.1. The maximum atomic E-state index is 11.4. The van der Waals surface area contributed by atoms with Crippen molar-refractivity contribution in [2.45, 2.75) is 6.92 Å². The quantitative estimate of drug-likeness (QED) is 0.538. The first-order valence-corrected chi connectivity index (χ1v) is 5.07. The lowest BCUT2D eigenvalue weighted by Gasteiger charge is -2.11. The highest BCUT2D eigenvalue weighted by Crippen LogP contribution is 2.25. The lowest BCUT2D eigenvalue weighted by Crippen LogP contribution is -2.05. The first-order valence-electron chi connectivity index (χ1n) is 5.07. The fraction of sp³-hybridized carbons (Fsp3) is 0.417. The van der Waals surface area contributed by atoms with E-state index in [-0.39, 0.29) is 19.4 Å². The van der Waals surface area contributed by atoms with Gasteiger partial charge in [0.2, 0.25) is 0 Å². The van der Waals surface area contributed by atoms with Gasteiger partial charge in [0, 0.05) is 20.3 Å². The van der Waals surface area contributed by atoms with Crippen molar-refractivity contribution >= 4 is 5.78 Å². The van der Waals surface area contributed by atoms with Crippen molar-refractivity contribution in [2.24, 2.45) is 0 Å². The number of Topliss-reactive ketones (excluding diaryl/α,β-unsaturated/α-hetero) is 1. The number of ketones is 1. The van der Waals surface area contributed by atoms with Crippen LogP contribution >= 0.6 is 0 Å². The third-order valence-corrected chi connectivity index (χ3v) is 2.01. The van der Waals surface area contributed by atoms with Gasteiger partial charge >= 0.3 is 0 Å². The van der Waals surface area contributed by atoms with E-state index in [1.807, 2.05) is 0 Å². The summed E-state index contributed by atoms with van der Waals surface area (Å²) in [5, 5.41) is 0. The Kier molecular flexibility index (Phi) is 5.45. The maximum Gasteiger partial charge on any atom is 0.188 e. The fourth-order valence-electron chi connectivity index (χ4n) is 1.25. The summed E-state index contributed by atoms with van der Waals surface area (Å²) in [7, 11) is 3.05. The predicted molar refractivity (Wildman–Crippen MR) is 61.5 cm³/mol. The van der Waals surface area contributed by atoms with Crippen molar-refractivity contribution < 1.29 is 23.7 Å². The van der Waals surface area contributed by atoms with Gasteiger partial charge in [-0.25, -0.2) is 0 Å². The molecule has 94 valence electrons. The summed E-state index contributed by atoms with van der Waals surface area (Å²) in [6.07, 6.45) is 0. The minimum Gasteiger partial charge on any atom is -0.467 e. The van der Waals surface area contributed by atoms with Crippen LogP contribution in [-0.2, 0) is 9.47 Å². The van der Waals surface area contributed by atoms with E-state index in [0.29, 0.717) is 17.1 Å². The van der Waals surface area contributed by atoms with Crippen molar-refractivity contribution in [1.82, 2.24) is 0 Å². The number of methoxy groups -OCH3 is 2. The molecule has 0 atom stereocenters. The Morgan fingerprint density at radius 3 is 2.35 bits per heavy atom. The minimum absolute atomic E-state index is 0.0746. The average Bonchev–Trinajstić information content (AvgIpc) is 2.33. The van der Waals surface area contributed by atoms with Gasteiger partial charge in [0.05, 0.1) is 5.56 Å². The highest BCUT2D eigenvalue weighted by atomic mass is 16.7. The Labute approximate surface area is 100 Å². The molecule has 1 rings (SSSR count). The van der Waals surface area contributed by atoms with Crippen LogP contribution in [0, 0.1) is 0 Å². The topological polar surface area (TPSA) is 54.0 Å². The van der Waals surface area contributed by atoms with Crippen LogP contribution < -0.4 is 9.47 Å². The molecular weight excluding hydrogens is 224 g/mol. The average molecular weight is 240 g/mol. The minimum atomic E-state index is -0.0746. The Morgan fingerprint density at radius 2 is 1.76 bits per heavy atom. The number of carbonyl (C=O) groups excluding carboxylic acids is 1. The van der Waals surface area contributed by atoms with Crippen molar-refractivity contribution in [3.05, 3.63) is 23.8 Å². The number of benzene rings is 1. The molecule has 0 aromatic heterocycles. The molecule has 0 saturated carbocycles. The molecule has 0 bridgehead atoms. The summed E-state index contributed by atoms with van der Waals surface area (Å²) < 4.78 is 20.2. The predicted octanol–water partition coefficient (Wildman–Crippen LogP) is 1.85. The lowest BCUT2D eigenvalue weighted by atomic mass is 10.1. The van der Waals surface area contributed by atoms with E-state index in [9.17, 15) is 4.79 Å². The molecular formula is C12H16O5. The van der Waals surface area contributed by atoms with Crippen molar-refractivity contribution in [3.63, 3.8) is 0 Å². The standard InChI is InChI=1S/C12H16O5/c1-9(13)11-5-4-10(16-7-14-2)6-12(11)17-8-15-3/h4-6H,7-8H2,1-3H3. The van der Waals surface area contributed by atoms with E-state index in [1.165, 1.54) is 21.1 Å². The molecule has 5 heteroatoms. The van der Waals surface area contributed by atoms with Gasteiger partial charge in [-0.2, -0.15) is 0 Å². The smallest absolute Gasteiger partial charge is 0.188 e. The summed E-state index contributed by atoms with van der Waals surface area (Å²) >= 11 is 0. The highest BCUT2D eigenvalue weighted by molar-refractivity contribution is 5.97. The second kappa shape index (κ2) is 6.88. The number of ether oxygens (including phenoxy) is 4. The molecule has 5 nitrogen and oxygen atoms in total. The van der Waals surface area contributed by atoms with E-state index in [4.69, 9.17) is 18.9 Å². The van der Waals surface area contributed by atoms with E-state index in [1.54, 1.807) is 18.2 Å². The summed E-state index contributed by atoms with van der Waals surface area (Å²) in [6, 6.07) is 4.97. The SMILES string of the molecule is COCOc1ccc(C(C)=O)c(OCOC)c1. The molecule has 0 unspecified atom stereocenters. The number of hydrogen-bond donors (Lipinski definition) is 0. The van der Waals surface area contributed by atoms with Crippen molar-refractivity contribution in [1.29, 1.82) is 0 Å². The van der Waals surface area contributed by atoms with Crippen LogP contribution in [0.3, 0.4) is 0 Å². The van der Waals surface area contributed by atoms with Gasteiger partial charge in [-0.3, -0.25) is 4.79 Å². The van der Waals surface area contributed by atoms with Crippen LogP contribution in [-0.4, -0.2) is 33.6 Å². The van der Waals surface area contributed by atoms with Gasteiger partial charge in [-0.1, -0.05) is 0 Å². The first kappa shape index (κ1) is 13.5. The van der Waals surface area contributed by atoms with Crippen LogP contribution in [0.2, 0.25) is 0 Å². The molecule has 0 aliphatic rings. The molecule has 17 heavy (non-hydrogen) atoms. The summed E-state index contributed by atoms with van der Waals surface area (Å²) in [5.74, 6) is 0.935. The Bertz CT molecular complexity index is 375. The summed E-state index contributed by atoms with van der Waals surface area (Å²) in [6.45, 7) is 1.70. The first-order chi connectivity index (χ1) is 8.19. The largest absolute Gasteiger partial charge is 0.467 e. The fourth-order valence-corrected chi connectivity index (χ4v) is 1.25. The summed E-state index contributed by atoms with van der Waals surface area (Å²) in [5.41, 5.74) is 0.492. The van der Waals surface area contributed by atoms with E-state index < -0.39 is 0 Å². The molecule has 0 N–H and O–H groups in total. The van der Waals surface area contributed by atoms with Crippen LogP contribution in [0.25, 0.3) is 0 Å². The van der Waals surface area contributed by atoms with Crippen molar-refractivity contribution in [3.8, 4) is 11.5 Å². The lowest BCUT2D eigenvalue weighted by molar-refractivity contribution is 0.0456. The third-order valence-electron chi connectivity index (χ3n) is 2.01. The Hall–Kier alpha value is -1.59. The van der Waals surface area contributed by atoms with Gasteiger partial charge in [-0.05, 0) is 19.1 Å². The third kappa shape index (κ3) is 4.05. The number of carbonyl (C=O) groups is 1. The Morgan fingerprint density at radius 1 is 1.12 bits per heavy atom. The molecule has 0 aliphatic heterocycles. The number of rotatable bonds is 7. The van der Waals surface area contributed by atoms with Crippen LogP contribution in [0.1, 0.15) is 17.3 Å². The highest BCUT2D eigenvalue weighted by Gasteiger charge is 2.10. The van der Waals surface area contributed by atoms with Crippen LogP contribution in [0.15, 0.2) is 18.2 Å². The zero-order valence-electron chi connectivity index (χ0n) is 10.2. The molecule has 0 spiro atoms. The van der Waals surface area contributed by atoms with Gasteiger partial charge in [0.15, 0.2) is 19.4 Å². The van der Waals surface area contributed by atoms with E-state index in [2.05, 4.69) is 0 Å². The molecule has 0 fully saturated rings. The second-order valence-corrected chi connectivity index (χ2v) is 3.32. The van der Waals surface area contributed by atoms with Gasteiger partial charge in [-0.15, -0.1) is 0 Å². The second-order valence-electron chi connectivity index (χ2n) is 3.32. The maximum absolute atomic E-state index is 11.4. The van der Waals surface area contributed by atoms with E-state index >= 15 is 0 Å². The van der Waals surface area contributed by atoms with Gasteiger partial charge in [0.1, 0.15) is 11.5 Å². The molecule has 1 aromatic rings. The van der Waals surface area contributed by atoms with E-state index in [0.717, 1.165) is 0 Å². The molecule has 1 aromatic carbocycles. The zero-order chi connectivity index (χ0) is 12.7. The van der Waals surface area contributed by atoms with Crippen LogP contribution in [0.4, 0.5) is 0 Å². The molecule has 0 heterocycles. The van der Waals surface area contributed by atoms with Crippen LogP contribution in [0.5, 0.6) is 11.5 Å².